The quantitative estimate of drug-likeness (QED) is 0.695. The Kier molecular flexibility index (Phi) is 2.37. The van der Waals surface area contributed by atoms with Crippen molar-refractivity contribution < 1.29 is 14.6 Å². The van der Waals surface area contributed by atoms with Crippen LogP contribution in [-0.2, 0) is 10.5 Å². The second-order valence-electron chi connectivity index (χ2n) is 4.96. The molecule has 0 aliphatic carbocycles. The van der Waals surface area contributed by atoms with Gasteiger partial charge in [-0.25, -0.2) is 4.79 Å². The average molecular weight is 277 g/mol. The summed E-state index contributed by atoms with van der Waals surface area (Å²) in [6, 6.07) is 16.0. The fraction of sp³-hybridized carbons (Fsp3) is 0.0588. The van der Waals surface area contributed by atoms with E-state index < -0.39 is 11.8 Å². The molecule has 2 aromatic carbocycles. The van der Waals surface area contributed by atoms with Gasteiger partial charge in [0.15, 0.2) is 0 Å². The predicted octanol–water partition coefficient (Wildman–Crippen LogP) is 2.60. The Morgan fingerprint density at radius 1 is 1.00 bits per heavy atom. The maximum atomic E-state index is 12.3. The molecule has 102 valence electrons. The Hall–Kier alpha value is -2.72. The van der Waals surface area contributed by atoms with E-state index in [0.29, 0.717) is 22.2 Å². The molecule has 0 saturated heterocycles. The van der Waals surface area contributed by atoms with E-state index in [4.69, 9.17) is 4.74 Å². The van der Waals surface area contributed by atoms with Gasteiger partial charge >= 0.3 is 5.97 Å². The number of aromatic nitrogens is 1. The summed E-state index contributed by atoms with van der Waals surface area (Å²) in [7, 11) is 0. The maximum Gasteiger partial charge on any atom is 0.341 e. The van der Waals surface area contributed by atoms with Crippen molar-refractivity contribution in [3.05, 3.63) is 77.6 Å². The number of carbonyl (C=O) groups excluding carboxylic acids is 1. The van der Waals surface area contributed by atoms with Crippen LogP contribution in [0.4, 0.5) is 0 Å². The van der Waals surface area contributed by atoms with Crippen molar-refractivity contribution in [3.8, 4) is 0 Å². The van der Waals surface area contributed by atoms with E-state index in [1.807, 2.05) is 18.2 Å². The zero-order valence-corrected chi connectivity index (χ0v) is 11.0. The molecule has 0 radical (unpaired) electrons. The van der Waals surface area contributed by atoms with Gasteiger partial charge in [0.2, 0.25) is 0 Å². The van der Waals surface area contributed by atoms with Crippen molar-refractivity contribution >= 4 is 16.7 Å². The minimum absolute atomic E-state index is 0.292. The fourth-order valence-electron chi connectivity index (χ4n) is 2.79. The fourth-order valence-corrected chi connectivity index (χ4v) is 2.79. The first-order chi connectivity index (χ1) is 10.2. The van der Waals surface area contributed by atoms with Crippen LogP contribution >= 0.6 is 0 Å². The Bertz CT molecular complexity index is 855. The van der Waals surface area contributed by atoms with Gasteiger partial charge in [-0.1, -0.05) is 36.4 Å². The van der Waals surface area contributed by atoms with Gasteiger partial charge in [0.1, 0.15) is 5.69 Å². The van der Waals surface area contributed by atoms with Gasteiger partial charge in [-0.2, -0.15) is 0 Å². The average Bonchev–Trinajstić information content (AvgIpc) is 2.53. The van der Waals surface area contributed by atoms with Crippen LogP contribution in [0.15, 0.2) is 60.8 Å². The van der Waals surface area contributed by atoms with Crippen molar-refractivity contribution in [2.75, 3.05) is 0 Å². The third-order valence-electron chi connectivity index (χ3n) is 3.74. The van der Waals surface area contributed by atoms with E-state index in [9.17, 15) is 9.90 Å². The van der Waals surface area contributed by atoms with Gasteiger partial charge in [-0.15, -0.1) is 0 Å². The highest BCUT2D eigenvalue weighted by Crippen LogP contribution is 2.40. The first-order valence-corrected chi connectivity index (χ1v) is 6.59. The topological polar surface area (TPSA) is 59.4 Å². The molecular formula is C17H11NO3. The van der Waals surface area contributed by atoms with Crippen molar-refractivity contribution in [1.29, 1.82) is 0 Å². The van der Waals surface area contributed by atoms with Crippen LogP contribution in [0, 0.1) is 0 Å². The number of rotatable bonds is 1. The second-order valence-corrected chi connectivity index (χ2v) is 4.96. The zero-order chi connectivity index (χ0) is 14.4. The summed E-state index contributed by atoms with van der Waals surface area (Å²) >= 11 is 0. The molecule has 21 heavy (non-hydrogen) atoms. The van der Waals surface area contributed by atoms with Crippen LogP contribution in [-0.4, -0.2) is 16.1 Å². The number of pyridine rings is 1. The van der Waals surface area contributed by atoms with Gasteiger partial charge in [-0.3, -0.25) is 4.98 Å². The summed E-state index contributed by atoms with van der Waals surface area (Å²) in [6.07, 6.45) is 1.56. The summed E-state index contributed by atoms with van der Waals surface area (Å²) in [6.45, 7) is 0. The van der Waals surface area contributed by atoms with Crippen molar-refractivity contribution in [2.24, 2.45) is 0 Å². The highest BCUT2D eigenvalue weighted by molar-refractivity contribution is 6.08. The molecule has 0 saturated carbocycles. The number of hydrogen-bond donors (Lipinski definition) is 1. The SMILES string of the molecule is O=C1O[C@](O)(c2ccccn2)c2cccc3cccc1c23. The van der Waals surface area contributed by atoms with Gasteiger partial charge in [-0.05, 0) is 23.6 Å². The van der Waals surface area contributed by atoms with E-state index in [1.165, 1.54) is 0 Å². The molecular weight excluding hydrogens is 266 g/mol. The van der Waals surface area contributed by atoms with Crippen LogP contribution in [0.5, 0.6) is 0 Å². The molecule has 0 amide bonds. The molecule has 4 rings (SSSR count). The van der Waals surface area contributed by atoms with Gasteiger partial charge in [0.05, 0.1) is 5.56 Å². The molecule has 1 aliphatic rings. The molecule has 1 N–H and O–H groups in total. The van der Waals surface area contributed by atoms with E-state index in [1.54, 1.807) is 42.6 Å². The molecule has 3 aromatic rings. The maximum absolute atomic E-state index is 12.3. The number of esters is 1. The number of cyclic esters (lactones) is 1. The predicted molar refractivity (Wildman–Crippen MR) is 76.6 cm³/mol. The Morgan fingerprint density at radius 3 is 2.57 bits per heavy atom. The van der Waals surface area contributed by atoms with Crippen molar-refractivity contribution in [2.45, 2.75) is 5.79 Å². The van der Waals surface area contributed by atoms with E-state index >= 15 is 0 Å². The third-order valence-corrected chi connectivity index (χ3v) is 3.74. The first-order valence-electron chi connectivity index (χ1n) is 6.59. The van der Waals surface area contributed by atoms with Gasteiger partial charge < -0.3 is 9.84 Å². The molecule has 1 atom stereocenters. The standard InChI is InChI=1S/C17H11NO3/c19-16-12-7-3-5-11-6-4-8-13(15(11)12)17(20,21-16)14-9-1-2-10-18-14/h1-10,20H/t17-/m0/s1. The highest BCUT2D eigenvalue weighted by Gasteiger charge is 2.43. The number of aliphatic hydroxyl groups is 1. The van der Waals surface area contributed by atoms with Gasteiger partial charge in [0.25, 0.3) is 5.79 Å². The van der Waals surface area contributed by atoms with Crippen molar-refractivity contribution in [3.63, 3.8) is 0 Å². The molecule has 0 spiro atoms. The Morgan fingerprint density at radius 2 is 1.81 bits per heavy atom. The molecule has 0 unspecified atom stereocenters. The number of ether oxygens (including phenoxy) is 1. The molecule has 4 heteroatoms. The Balaban J connectivity index is 2.10. The Labute approximate surface area is 120 Å². The molecule has 0 fully saturated rings. The highest BCUT2D eigenvalue weighted by atomic mass is 16.7. The normalized spacial score (nSPS) is 20.3. The largest absolute Gasteiger partial charge is 0.419 e. The summed E-state index contributed by atoms with van der Waals surface area (Å²) in [5, 5.41) is 12.6. The van der Waals surface area contributed by atoms with E-state index in [2.05, 4.69) is 4.98 Å². The summed E-state index contributed by atoms with van der Waals surface area (Å²) < 4.78 is 5.33. The lowest BCUT2D eigenvalue weighted by atomic mass is 9.90. The van der Waals surface area contributed by atoms with Crippen LogP contribution in [0.2, 0.25) is 0 Å². The summed E-state index contributed by atoms with van der Waals surface area (Å²) in [5.41, 5.74) is 1.29. The molecule has 1 aromatic heterocycles. The first kappa shape index (κ1) is 12.1. The summed E-state index contributed by atoms with van der Waals surface area (Å²) in [4.78, 5) is 16.4. The lowest BCUT2D eigenvalue weighted by Gasteiger charge is -2.32. The lowest BCUT2D eigenvalue weighted by molar-refractivity contribution is -0.144. The van der Waals surface area contributed by atoms with Crippen LogP contribution < -0.4 is 0 Å². The minimum Gasteiger partial charge on any atom is -0.419 e. The smallest absolute Gasteiger partial charge is 0.341 e. The third kappa shape index (κ3) is 1.60. The lowest BCUT2D eigenvalue weighted by Crippen LogP contribution is -2.37. The molecule has 2 heterocycles. The van der Waals surface area contributed by atoms with Gasteiger partial charge in [0, 0.05) is 17.1 Å². The van der Waals surface area contributed by atoms with Crippen LogP contribution in [0.3, 0.4) is 0 Å². The zero-order valence-electron chi connectivity index (χ0n) is 11.0. The van der Waals surface area contributed by atoms with Crippen LogP contribution in [0.25, 0.3) is 10.8 Å². The van der Waals surface area contributed by atoms with Crippen molar-refractivity contribution in [1.82, 2.24) is 4.98 Å². The number of hydrogen-bond acceptors (Lipinski definition) is 4. The number of carbonyl (C=O) groups is 1. The van der Waals surface area contributed by atoms with E-state index in [0.717, 1.165) is 5.39 Å². The summed E-state index contributed by atoms with van der Waals surface area (Å²) in [5.74, 6) is -2.40. The number of benzene rings is 2. The monoisotopic (exact) mass is 277 g/mol. The van der Waals surface area contributed by atoms with E-state index in [-0.39, 0.29) is 0 Å². The van der Waals surface area contributed by atoms with Crippen LogP contribution in [0.1, 0.15) is 21.6 Å². The minimum atomic E-state index is -1.85. The number of nitrogens with zero attached hydrogens (tertiary/aromatic N) is 1. The molecule has 0 bridgehead atoms. The molecule has 1 aliphatic heterocycles. The second kappa shape index (κ2) is 4.14. The molecule has 4 nitrogen and oxygen atoms in total.